The van der Waals surface area contributed by atoms with Crippen LogP contribution in [0, 0.1) is 11.8 Å². The van der Waals surface area contributed by atoms with E-state index in [4.69, 9.17) is 0 Å². The van der Waals surface area contributed by atoms with Crippen molar-refractivity contribution in [3.8, 4) is 0 Å². The van der Waals surface area contributed by atoms with Gasteiger partial charge in [0.1, 0.15) is 0 Å². The first kappa shape index (κ1) is 22.0. The molecule has 0 saturated carbocycles. The van der Waals surface area contributed by atoms with Crippen LogP contribution in [0.3, 0.4) is 0 Å². The largest absolute Gasteiger partial charge is 0.0651 e. The van der Waals surface area contributed by atoms with Crippen molar-refractivity contribution in [3.05, 3.63) is 0 Å². The highest BCUT2D eigenvalue weighted by atomic mass is 14.1. The summed E-state index contributed by atoms with van der Waals surface area (Å²) >= 11 is 0. The van der Waals surface area contributed by atoms with Crippen molar-refractivity contribution in [1.29, 1.82) is 0 Å². The summed E-state index contributed by atoms with van der Waals surface area (Å²) in [4.78, 5) is 0. The fraction of sp³-hybridized carbons (Fsp3) is 1.00. The molecule has 0 aliphatic heterocycles. The number of rotatable bonds is 17. The van der Waals surface area contributed by atoms with E-state index in [2.05, 4.69) is 27.7 Å². The van der Waals surface area contributed by atoms with Gasteiger partial charge in [0, 0.05) is 0 Å². The van der Waals surface area contributed by atoms with Crippen LogP contribution < -0.4 is 0 Å². The van der Waals surface area contributed by atoms with Crippen molar-refractivity contribution in [2.45, 2.75) is 130 Å². The number of hydrogen-bond acceptors (Lipinski definition) is 0. The fourth-order valence-electron chi connectivity index (χ4n) is 3.16. The average molecular weight is 311 g/mol. The van der Waals surface area contributed by atoms with Crippen LogP contribution in [-0.2, 0) is 0 Å². The molecule has 0 spiro atoms. The summed E-state index contributed by atoms with van der Waals surface area (Å²) in [7, 11) is 0. The SMILES string of the molecule is CCC(C)CCCCCCCCCCCCCCC(C)CC. The van der Waals surface area contributed by atoms with Gasteiger partial charge in [-0.05, 0) is 11.8 Å². The van der Waals surface area contributed by atoms with Gasteiger partial charge in [-0.25, -0.2) is 0 Å². The summed E-state index contributed by atoms with van der Waals surface area (Å²) in [5.41, 5.74) is 0. The zero-order valence-corrected chi connectivity index (χ0v) is 16.5. The van der Waals surface area contributed by atoms with E-state index in [9.17, 15) is 0 Å². The molecular formula is C22H46. The minimum atomic E-state index is 0.949. The van der Waals surface area contributed by atoms with Crippen LogP contribution in [0.1, 0.15) is 130 Å². The first-order chi connectivity index (χ1) is 10.7. The Balaban J connectivity index is 3.03. The zero-order valence-electron chi connectivity index (χ0n) is 16.5. The van der Waals surface area contributed by atoms with Crippen LogP contribution in [0.2, 0.25) is 0 Å². The standard InChI is InChI=1S/C22H46/c1-5-21(3)19-17-15-13-11-9-7-8-10-12-14-16-18-20-22(4)6-2/h21-22H,5-20H2,1-4H3. The van der Waals surface area contributed by atoms with E-state index >= 15 is 0 Å². The molecule has 0 aliphatic carbocycles. The summed E-state index contributed by atoms with van der Waals surface area (Å²) < 4.78 is 0. The summed E-state index contributed by atoms with van der Waals surface area (Å²) in [6, 6.07) is 0. The second-order valence-corrected chi connectivity index (χ2v) is 7.85. The van der Waals surface area contributed by atoms with Crippen LogP contribution in [0.15, 0.2) is 0 Å². The monoisotopic (exact) mass is 310 g/mol. The maximum atomic E-state index is 2.39. The van der Waals surface area contributed by atoms with Crippen LogP contribution in [-0.4, -0.2) is 0 Å². The highest BCUT2D eigenvalue weighted by molar-refractivity contribution is 4.53. The van der Waals surface area contributed by atoms with Crippen LogP contribution >= 0.6 is 0 Å². The summed E-state index contributed by atoms with van der Waals surface area (Å²) in [6.07, 6.45) is 23.3. The second-order valence-electron chi connectivity index (χ2n) is 7.85. The van der Waals surface area contributed by atoms with E-state index in [0.717, 1.165) is 11.8 Å². The average Bonchev–Trinajstić information content (AvgIpc) is 2.54. The lowest BCUT2D eigenvalue weighted by Gasteiger charge is -2.08. The van der Waals surface area contributed by atoms with E-state index in [1.54, 1.807) is 0 Å². The van der Waals surface area contributed by atoms with Crippen molar-refractivity contribution in [2.75, 3.05) is 0 Å². The molecule has 134 valence electrons. The molecule has 0 radical (unpaired) electrons. The quantitative estimate of drug-likeness (QED) is 0.236. The summed E-state index contributed by atoms with van der Waals surface area (Å²) in [6.45, 7) is 9.42. The van der Waals surface area contributed by atoms with Gasteiger partial charge in [0.2, 0.25) is 0 Å². The van der Waals surface area contributed by atoms with Crippen LogP contribution in [0.4, 0.5) is 0 Å². The number of hydrogen-bond donors (Lipinski definition) is 0. The molecule has 0 N–H and O–H groups in total. The first-order valence-corrected chi connectivity index (χ1v) is 10.7. The molecule has 2 unspecified atom stereocenters. The van der Waals surface area contributed by atoms with Gasteiger partial charge < -0.3 is 0 Å². The predicted molar refractivity (Wildman–Crippen MR) is 104 cm³/mol. The van der Waals surface area contributed by atoms with Crippen molar-refractivity contribution >= 4 is 0 Å². The lowest BCUT2D eigenvalue weighted by Crippen LogP contribution is -1.91. The van der Waals surface area contributed by atoms with Gasteiger partial charge in [0.25, 0.3) is 0 Å². The molecule has 0 amide bonds. The Hall–Kier alpha value is 0. The van der Waals surface area contributed by atoms with Crippen LogP contribution in [0.5, 0.6) is 0 Å². The molecule has 22 heavy (non-hydrogen) atoms. The van der Waals surface area contributed by atoms with Crippen molar-refractivity contribution in [3.63, 3.8) is 0 Å². The van der Waals surface area contributed by atoms with Crippen molar-refractivity contribution in [1.82, 2.24) is 0 Å². The van der Waals surface area contributed by atoms with Crippen LogP contribution in [0.25, 0.3) is 0 Å². The molecule has 0 bridgehead atoms. The summed E-state index contributed by atoms with van der Waals surface area (Å²) in [5, 5.41) is 0. The molecule has 0 aliphatic rings. The Morgan fingerprint density at radius 3 is 0.864 bits per heavy atom. The minimum Gasteiger partial charge on any atom is -0.0651 e. The fourth-order valence-corrected chi connectivity index (χ4v) is 3.16. The first-order valence-electron chi connectivity index (χ1n) is 10.7. The maximum absolute atomic E-state index is 2.39. The Kier molecular flexibility index (Phi) is 17.4. The Morgan fingerprint density at radius 1 is 0.409 bits per heavy atom. The molecule has 0 saturated heterocycles. The van der Waals surface area contributed by atoms with Gasteiger partial charge in [-0.2, -0.15) is 0 Å². The van der Waals surface area contributed by atoms with Gasteiger partial charge in [-0.3, -0.25) is 0 Å². The predicted octanol–water partition coefficient (Wildman–Crippen LogP) is 8.54. The highest BCUT2D eigenvalue weighted by Gasteiger charge is 1.99. The van der Waals surface area contributed by atoms with Gasteiger partial charge >= 0.3 is 0 Å². The Bertz CT molecular complexity index is 174. The summed E-state index contributed by atoms with van der Waals surface area (Å²) in [5.74, 6) is 1.90. The smallest absolute Gasteiger partial charge is 0.0445 e. The molecule has 2 atom stereocenters. The third kappa shape index (κ3) is 16.4. The molecular weight excluding hydrogens is 264 g/mol. The third-order valence-corrected chi connectivity index (χ3v) is 5.54. The topological polar surface area (TPSA) is 0 Å². The van der Waals surface area contributed by atoms with E-state index in [1.807, 2.05) is 0 Å². The van der Waals surface area contributed by atoms with E-state index in [0.29, 0.717) is 0 Å². The zero-order chi connectivity index (χ0) is 16.5. The van der Waals surface area contributed by atoms with Gasteiger partial charge in [-0.1, -0.05) is 130 Å². The molecule has 0 aromatic rings. The van der Waals surface area contributed by atoms with Gasteiger partial charge in [-0.15, -0.1) is 0 Å². The Morgan fingerprint density at radius 2 is 0.636 bits per heavy atom. The van der Waals surface area contributed by atoms with Crippen molar-refractivity contribution < 1.29 is 0 Å². The molecule has 0 fully saturated rings. The number of unbranched alkanes of at least 4 members (excludes halogenated alkanes) is 11. The van der Waals surface area contributed by atoms with E-state index < -0.39 is 0 Å². The lowest BCUT2D eigenvalue weighted by molar-refractivity contribution is 0.463. The molecule has 0 aromatic carbocycles. The molecule has 0 rings (SSSR count). The normalized spacial score (nSPS) is 14.2. The second kappa shape index (κ2) is 17.4. The molecule has 0 heteroatoms. The third-order valence-electron chi connectivity index (χ3n) is 5.54. The maximum Gasteiger partial charge on any atom is -0.0445 e. The minimum absolute atomic E-state index is 0.949. The molecule has 0 heterocycles. The van der Waals surface area contributed by atoms with Gasteiger partial charge in [0.05, 0.1) is 0 Å². The van der Waals surface area contributed by atoms with E-state index in [1.165, 1.54) is 103 Å². The molecule has 0 nitrogen and oxygen atoms in total. The molecule has 0 aromatic heterocycles. The van der Waals surface area contributed by atoms with E-state index in [-0.39, 0.29) is 0 Å². The highest BCUT2D eigenvalue weighted by Crippen LogP contribution is 2.16. The Labute approximate surface area is 142 Å². The van der Waals surface area contributed by atoms with Gasteiger partial charge in [0.15, 0.2) is 0 Å². The lowest BCUT2D eigenvalue weighted by atomic mass is 9.99. The van der Waals surface area contributed by atoms with Crippen molar-refractivity contribution in [2.24, 2.45) is 11.8 Å².